The van der Waals surface area contributed by atoms with Crippen LogP contribution in [0.3, 0.4) is 0 Å². The van der Waals surface area contributed by atoms with Gasteiger partial charge in [-0.1, -0.05) is 0 Å². The number of rotatable bonds is 2. The largest absolute Gasteiger partial charge is 0.316 e. The number of hydrogen-bond acceptors (Lipinski definition) is 2. The lowest BCUT2D eigenvalue weighted by Gasteiger charge is -2.25. The molecule has 1 saturated carbocycles. The fraction of sp³-hybridized carbons (Fsp3) is 0.909. The smallest absolute Gasteiger partial charge is 0.0492 e. The predicted octanol–water partition coefficient (Wildman–Crippen LogP) is 1.71. The van der Waals surface area contributed by atoms with Gasteiger partial charge < -0.3 is 5.32 Å². The first kappa shape index (κ1) is 9.20. The van der Waals surface area contributed by atoms with E-state index in [1.54, 1.807) is 0 Å². The normalized spacial score (nSPS) is 41.2. The quantitative estimate of drug-likeness (QED) is 0.643. The molecule has 2 heteroatoms. The summed E-state index contributed by atoms with van der Waals surface area (Å²) in [4.78, 5) is 4.16. The Morgan fingerprint density at radius 1 is 1.38 bits per heavy atom. The molecule has 3 unspecified atom stereocenters. The van der Waals surface area contributed by atoms with E-state index in [9.17, 15) is 0 Å². The zero-order valence-corrected chi connectivity index (χ0v) is 8.50. The average molecular weight is 180 g/mol. The van der Waals surface area contributed by atoms with Crippen LogP contribution in [0.25, 0.3) is 0 Å². The van der Waals surface area contributed by atoms with Gasteiger partial charge in [0.2, 0.25) is 0 Å². The highest BCUT2D eigenvalue weighted by Gasteiger charge is 2.37. The minimum Gasteiger partial charge on any atom is -0.316 e. The van der Waals surface area contributed by atoms with Crippen LogP contribution in [-0.4, -0.2) is 25.8 Å². The maximum Gasteiger partial charge on any atom is 0.0492 e. The van der Waals surface area contributed by atoms with Gasteiger partial charge >= 0.3 is 0 Å². The maximum absolute atomic E-state index is 4.16. The molecule has 0 bridgehead atoms. The molecule has 2 aliphatic rings. The van der Waals surface area contributed by atoms with E-state index < -0.39 is 0 Å². The standard InChI is InChI=1S/C11H20N2/c1-8(12-2)10-5-9-3-4-13-7-11(9)6-10/h8-11,13H,2-7H2,1H3/t8?,9?,10-,11?/m1/s1. The fourth-order valence-corrected chi connectivity index (χ4v) is 2.98. The number of hydrogen-bond donors (Lipinski definition) is 1. The summed E-state index contributed by atoms with van der Waals surface area (Å²) in [7, 11) is 0. The Hall–Kier alpha value is -0.370. The van der Waals surface area contributed by atoms with Crippen molar-refractivity contribution in [3.05, 3.63) is 0 Å². The molecule has 0 radical (unpaired) electrons. The molecule has 13 heavy (non-hydrogen) atoms. The van der Waals surface area contributed by atoms with Crippen molar-refractivity contribution < 1.29 is 0 Å². The van der Waals surface area contributed by atoms with Gasteiger partial charge in [-0.25, -0.2) is 0 Å². The van der Waals surface area contributed by atoms with E-state index in [0.29, 0.717) is 6.04 Å². The molecule has 1 saturated heterocycles. The van der Waals surface area contributed by atoms with Gasteiger partial charge in [-0.2, -0.15) is 0 Å². The molecular formula is C11H20N2. The highest BCUT2D eigenvalue weighted by Crippen LogP contribution is 2.41. The Morgan fingerprint density at radius 3 is 2.85 bits per heavy atom. The first-order valence-electron chi connectivity index (χ1n) is 5.48. The average Bonchev–Trinajstić information content (AvgIpc) is 2.59. The molecule has 0 amide bonds. The third-order valence-electron chi connectivity index (χ3n) is 3.95. The molecule has 1 aliphatic carbocycles. The lowest BCUT2D eigenvalue weighted by Crippen LogP contribution is -2.33. The molecule has 0 aromatic carbocycles. The van der Waals surface area contributed by atoms with E-state index in [0.717, 1.165) is 17.8 Å². The minimum atomic E-state index is 0.477. The van der Waals surface area contributed by atoms with Crippen molar-refractivity contribution >= 4 is 6.72 Å². The van der Waals surface area contributed by atoms with Gasteiger partial charge in [0.1, 0.15) is 0 Å². The summed E-state index contributed by atoms with van der Waals surface area (Å²) in [5, 5.41) is 3.49. The van der Waals surface area contributed by atoms with Gasteiger partial charge in [0.05, 0.1) is 0 Å². The predicted molar refractivity (Wildman–Crippen MR) is 56.2 cm³/mol. The minimum absolute atomic E-state index is 0.477. The summed E-state index contributed by atoms with van der Waals surface area (Å²) in [6, 6.07) is 0.477. The van der Waals surface area contributed by atoms with Crippen molar-refractivity contribution in [2.45, 2.75) is 32.2 Å². The first-order valence-corrected chi connectivity index (χ1v) is 5.48. The van der Waals surface area contributed by atoms with Crippen LogP contribution >= 0.6 is 0 Å². The lowest BCUT2D eigenvalue weighted by atomic mass is 9.90. The fourth-order valence-electron chi connectivity index (χ4n) is 2.98. The Labute approximate surface area is 80.8 Å². The first-order chi connectivity index (χ1) is 6.31. The third kappa shape index (κ3) is 1.78. The van der Waals surface area contributed by atoms with Gasteiger partial charge in [0.25, 0.3) is 0 Å². The zero-order chi connectivity index (χ0) is 9.26. The summed E-state index contributed by atoms with van der Waals surface area (Å²) >= 11 is 0. The van der Waals surface area contributed by atoms with E-state index in [2.05, 4.69) is 24.0 Å². The number of fused-ring (bicyclic) bond motifs is 1. The molecule has 0 aromatic heterocycles. The molecule has 2 nitrogen and oxygen atoms in total. The maximum atomic E-state index is 4.16. The Morgan fingerprint density at radius 2 is 2.15 bits per heavy atom. The van der Waals surface area contributed by atoms with Crippen LogP contribution in [0.4, 0.5) is 0 Å². The van der Waals surface area contributed by atoms with Crippen LogP contribution < -0.4 is 5.32 Å². The second-order valence-electron chi connectivity index (χ2n) is 4.67. The molecule has 1 aliphatic heterocycles. The van der Waals surface area contributed by atoms with Crippen LogP contribution in [0.1, 0.15) is 26.2 Å². The van der Waals surface area contributed by atoms with Gasteiger partial charge in [-0.05, 0) is 63.7 Å². The van der Waals surface area contributed by atoms with Crippen LogP contribution in [0.2, 0.25) is 0 Å². The molecule has 1 N–H and O–H groups in total. The van der Waals surface area contributed by atoms with E-state index in [1.165, 1.54) is 32.4 Å². The van der Waals surface area contributed by atoms with Crippen molar-refractivity contribution in [2.75, 3.05) is 13.1 Å². The second-order valence-corrected chi connectivity index (χ2v) is 4.67. The number of nitrogens with zero attached hydrogens (tertiary/aromatic N) is 1. The summed E-state index contributed by atoms with van der Waals surface area (Å²) in [5.41, 5.74) is 0. The third-order valence-corrected chi connectivity index (χ3v) is 3.95. The molecule has 0 aromatic rings. The highest BCUT2D eigenvalue weighted by molar-refractivity contribution is 5.24. The second kappa shape index (κ2) is 3.79. The molecule has 1 heterocycles. The molecular weight excluding hydrogens is 160 g/mol. The highest BCUT2D eigenvalue weighted by atomic mass is 14.9. The van der Waals surface area contributed by atoms with Crippen molar-refractivity contribution in [2.24, 2.45) is 22.7 Å². The lowest BCUT2D eigenvalue weighted by molar-refractivity contribution is 0.295. The van der Waals surface area contributed by atoms with Crippen LogP contribution in [0.5, 0.6) is 0 Å². The van der Waals surface area contributed by atoms with Crippen LogP contribution in [0, 0.1) is 17.8 Å². The number of piperidine rings is 1. The van der Waals surface area contributed by atoms with Gasteiger partial charge in [-0.3, -0.25) is 4.99 Å². The van der Waals surface area contributed by atoms with E-state index in [-0.39, 0.29) is 0 Å². The van der Waals surface area contributed by atoms with Gasteiger partial charge in [0.15, 0.2) is 0 Å². The van der Waals surface area contributed by atoms with Crippen molar-refractivity contribution in [3.63, 3.8) is 0 Å². The Kier molecular flexibility index (Phi) is 2.68. The SMILES string of the molecule is C=NC(C)[C@@H]1CC2CCNCC2C1. The summed E-state index contributed by atoms with van der Waals surface area (Å²) < 4.78 is 0. The molecule has 74 valence electrons. The van der Waals surface area contributed by atoms with Crippen molar-refractivity contribution in [1.82, 2.24) is 5.32 Å². The number of aliphatic imine (C=N–C) groups is 1. The zero-order valence-electron chi connectivity index (χ0n) is 8.50. The van der Waals surface area contributed by atoms with E-state index in [4.69, 9.17) is 0 Å². The van der Waals surface area contributed by atoms with Crippen molar-refractivity contribution in [3.8, 4) is 0 Å². The molecule has 4 atom stereocenters. The van der Waals surface area contributed by atoms with E-state index in [1.807, 2.05) is 0 Å². The summed E-state index contributed by atoms with van der Waals surface area (Å²) in [5.74, 6) is 2.73. The van der Waals surface area contributed by atoms with Crippen LogP contribution in [-0.2, 0) is 0 Å². The monoisotopic (exact) mass is 180 g/mol. The van der Waals surface area contributed by atoms with E-state index >= 15 is 0 Å². The molecule has 2 fully saturated rings. The Bertz CT molecular complexity index is 177. The Balaban J connectivity index is 1.94. The van der Waals surface area contributed by atoms with Gasteiger partial charge in [0, 0.05) is 6.04 Å². The molecule has 0 spiro atoms. The van der Waals surface area contributed by atoms with Crippen molar-refractivity contribution in [1.29, 1.82) is 0 Å². The summed E-state index contributed by atoms with van der Waals surface area (Å²) in [6.45, 7) is 8.33. The van der Waals surface area contributed by atoms with Gasteiger partial charge in [-0.15, -0.1) is 0 Å². The van der Waals surface area contributed by atoms with Crippen LogP contribution in [0.15, 0.2) is 4.99 Å². The topological polar surface area (TPSA) is 24.4 Å². The number of nitrogens with one attached hydrogen (secondary N) is 1. The molecule has 2 rings (SSSR count). The summed E-state index contributed by atoms with van der Waals surface area (Å²) in [6.07, 6.45) is 4.15.